The van der Waals surface area contributed by atoms with Gasteiger partial charge < -0.3 is 9.30 Å². The van der Waals surface area contributed by atoms with Crippen LogP contribution in [0.5, 0.6) is 0 Å². The summed E-state index contributed by atoms with van der Waals surface area (Å²) in [6, 6.07) is 0. The molecule has 110 valence electrons. The molecule has 0 aromatic carbocycles. The highest BCUT2D eigenvalue weighted by molar-refractivity contribution is 6.33. The molecule has 0 atom stereocenters. The van der Waals surface area contributed by atoms with Crippen LogP contribution in [0.4, 0.5) is 10.7 Å². The van der Waals surface area contributed by atoms with E-state index in [0.29, 0.717) is 11.2 Å². The molecule has 2 heterocycles. The van der Waals surface area contributed by atoms with Gasteiger partial charge in [-0.05, 0) is 20.8 Å². The van der Waals surface area contributed by atoms with Crippen molar-refractivity contribution in [1.29, 1.82) is 0 Å². The number of hydrogen-bond donors (Lipinski definition) is 1. The zero-order valence-corrected chi connectivity index (χ0v) is 12.6. The molecular weight excluding hydrogens is 294 g/mol. The van der Waals surface area contributed by atoms with Crippen LogP contribution in [0.15, 0.2) is 6.33 Å². The first-order chi connectivity index (χ1) is 9.80. The standard InChI is InChI=1S/C13H14ClN5O2/c1-5-6-19-7-15-8-9(14)16-11(17-10(8)19)18-12(20)21-13(2,3)4/h1,7H,6H2,2-4H3,(H,16,17,18,20). The summed E-state index contributed by atoms with van der Waals surface area (Å²) in [5.41, 5.74) is 0.240. The van der Waals surface area contributed by atoms with Gasteiger partial charge in [-0.2, -0.15) is 9.97 Å². The van der Waals surface area contributed by atoms with Crippen LogP contribution in [0, 0.1) is 12.3 Å². The fraction of sp³-hybridized carbons (Fsp3) is 0.385. The van der Waals surface area contributed by atoms with Crippen LogP contribution in [0.1, 0.15) is 20.8 Å². The molecular formula is C13H14ClN5O2. The molecule has 2 aromatic heterocycles. The maximum absolute atomic E-state index is 11.7. The Hall–Kier alpha value is -2.33. The lowest BCUT2D eigenvalue weighted by atomic mass is 10.2. The van der Waals surface area contributed by atoms with Crippen molar-refractivity contribution < 1.29 is 9.53 Å². The number of hydrogen-bond acceptors (Lipinski definition) is 5. The molecule has 0 bridgehead atoms. The van der Waals surface area contributed by atoms with Gasteiger partial charge in [0.15, 0.2) is 10.8 Å². The highest BCUT2D eigenvalue weighted by Crippen LogP contribution is 2.20. The van der Waals surface area contributed by atoms with Gasteiger partial charge in [0.1, 0.15) is 11.1 Å². The number of nitrogens with zero attached hydrogens (tertiary/aromatic N) is 4. The van der Waals surface area contributed by atoms with Crippen LogP contribution < -0.4 is 5.32 Å². The van der Waals surface area contributed by atoms with E-state index in [0.717, 1.165) is 0 Å². The average molecular weight is 308 g/mol. The molecule has 0 radical (unpaired) electrons. The summed E-state index contributed by atoms with van der Waals surface area (Å²) >= 11 is 6.02. The van der Waals surface area contributed by atoms with E-state index in [2.05, 4.69) is 26.2 Å². The molecule has 7 nitrogen and oxygen atoms in total. The third-order valence-corrected chi connectivity index (χ3v) is 2.56. The summed E-state index contributed by atoms with van der Waals surface area (Å²) < 4.78 is 6.75. The molecule has 21 heavy (non-hydrogen) atoms. The molecule has 0 spiro atoms. The molecule has 2 rings (SSSR count). The summed E-state index contributed by atoms with van der Waals surface area (Å²) in [7, 11) is 0. The summed E-state index contributed by atoms with van der Waals surface area (Å²) in [6.45, 7) is 5.55. The number of halogens is 1. The number of aromatic nitrogens is 4. The summed E-state index contributed by atoms with van der Waals surface area (Å²) in [4.78, 5) is 23.9. The normalized spacial score (nSPS) is 11.2. The minimum atomic E-state index is -0.666. The minimum absolute atomic E-state index is 0.0283. The smallest absolute Gasteiger partial charge is 0.414 e. The first-order valence-electron chi connectivity index (χ1n) is 6.12. The van der Waals surface area contributed by atoms with Crippen LogP contribution in [-0.4, -0.2) is 31.2 Å². The van der Waals surface area contributed by atoms with Crippen molar-refractivity contribution in [3.05, 3.63) is 11.5 Å². The van der Waals surface area contributed by atoms with Crippen LogP contribution >= 0.6 is 11.6 Å². The molecule has 0 saturated carbocycles. The fourth-order valence-corrected chi connectivity index (χ4v) is 1.79. The second-order valence-corrected chi connectivity index (χ2v) is 5.57. The van der Waals surface area contributed by atoms with Crippen molar-refractivity contribution in [2.24, 2.45) is 0 Å². The quantitative estimate of drug-likeness (QED) is 0.681. The number of carbonyl (C=O) groups is 1. The number of amides is 1. The van der Waals surface area contributed by atoms with E-state index >= 15 is 0 Å². The third kappa shape index (κ3) is 3.61. The fourth-order valence-electron chi connectivity index (χ4n) is 1.57. The maximum Gasteiger partial charge on any atom is 0.414 e. The average Bonchev–Trinajstić information content (AvgIpc) is 2.71. The lowest BCUT2D eigenvalue weighted by Crippen LogP contribution is -2.27. The number of carbonyl (C=O) groups excluding carboxylic acids is 1. The van der Waals surface area contributed by atoms with E-state index in [1.165, 1.54) is 6.33 Å². The molecule has 1 N–H and O–H groups in total. The van der Waals surface area contributed by atoms with E-state index in [1.54, 1.807) is 25.3 Å². The van der Waals surface area contributed by atoms with Gasteiger partial charge >= 0.3 is 6.09 Å². The van der Waals surface area contributed by atoms with Crippen molar-refractivity contribution in [2.45, 2.75) is 32.9 Å². The molecule has 0 fully saturated rings. The highest BCUT2D eigenvalue weighted by Gasteiger charge is 2.18. The highest BCUT2D eigenvalue weighted by atomic mass is 35.5. The summed E-state index contributed by atoms with van der Waals surface area (Å²) in [5.74, 6) is 2.51. The number of imidazole rings is 1. The van der Waals surface area contributed by atoms with Gasteiger partial charge in [-0.15, -0.1) is 6.42 Å². The zero-order valence-electron chi connectivity index (χ0n) is 11.8. The monoisotopic (exact) mass is 307 g/mol. The minimum Gasteiger partial charge on any atom is -0.444 e. The van der Waals surface area contributed by atoms with E-state index in [4.69, 9.17) is 22.8 Å². The lowest BCUT2D eigenvalue weighted by molar-refractivity contribution is 0.0634. The second-order valence-electron chi connectivity index (χ2n) is 5.21. The number of anilines is 1. The van der Waals surface area contributed by atoms with E-state index < -0.39 is 11.7 Å². The first-order valence-corrected chi connectivity index (χ1v) is 6.50. The molecule has 0 aliphatic heterocycles. The molecule has 8 heteroatoms. The van der Waals surface area contributed by atoms with E-state index in [-0.39, 0.29) is 17.6 Å². The van der Waals surface area contributed by atoms with Gasteiger partial charge in [0.05, 0.1) is 12.9 Å². The Balaban J connectivity index is 2.31. The van der Waals surface area contributed by atoms with Crippen LogP contribution in [0.3, 0.4) is 0 Å². The van der Waals surface area contributed by atoms with Crippen LogP contribution in [0.2, 0.25) is 5.15 Å². The van der Waals surface area contributed by atoms with Crippen molar-refractivity contribution in [1.82, 2.24) is 19.5 Å². The van der Waals surface area contributed by atoms with Crippen molar-refractivity contribution >= 4 is 34.8 Å². The maximum atomic E-state index is 11.7. The molecule has 0 aliphatic rings. The zero-order chi connectivity index (χ0) is 15.6. The van der Waals surface area contributed by atoms with Crippen molar-refractivity contribution in [3.8, 4) is 12.3 Å². The Morgan fingerprint density at radius 3 is 2.86 bits per heavy atom. The summed E-state index contributed by atoms with van der Waals surface area (Å²) in [6.07, 6.45) is 6.12. The predicted octanol–water partition coefficient (Wildman–Crippen LogP) is 2.46. The Kier molecular flexibility index (Phi) is 4.00. The molecule has 0 unspecified atom stereocenters. The SMILES string of the molecule is C#CCn1cnc2c(Cl)nc(NC(=O)OC(C)(C)C)nc21. The van der Waals surface area contributed by atoms with Gasteiger partial charge in [0, 0.05) is 0 Å². The number of rotatable bonds is 2. The predicted molar refractivity (Wildman–Crippen MR) is 79.0 cm³/mol. The number of fused-ring (bicyclic) bond motifs is 1. The number of terminal acetylenes is 1. The van der Waals surface area contributed by atoms with Crippen LogP contribution in [-0.2, 0) is 11.3 Å². The Morgan fingerprint density at radius 2 is 2.24 bits per heavy atom. The van der Waals surface area contributed by atoms with Gasteiger partial charge in [0.2, 0.25) is 5.95 Å². The third-order valence-electron chi connectivity index (χ3n) is 2.30. The Bertz CT molecular complexity index is 726. The lowest BCUT2D eigenvalue weighted by Gasteiger charge is -2.19. The molecule has 0 saturated heterocycles. The number of nitrogens with one attached hydrogen (secondary N) is 1. The molecule has 1 amide bonds. The largest absolute Gasteiger partial charge is 0.444 e. The number of ether oxygens (including phenoxy) is 1. The van der Waals surface area contributed by atoms with Gasteiger partial charge in [-0.3, -0.25) is 5.32 Å². The van der Waals surface area contributed by atoms with Gasteiger partial charge in [0.25, 0.3) is 0 Å². The van der Waals surface area contributed by atoms with E-state index in [9.17, 15) is 4.79 Å². The van der Waals surface area contributed by atoms with E-state index in [1.807, 2.05) is 0 Å². The molecule has 2 aromatic rings. The Labute approximate surface area is 126 Å². The topological polar surface area (TPSA) is 81.9 Å². The van der Waals surface area contributed by atoms with Gasteiger partial charge in [-0.25, -0.2) is 9.78 Å². The van der Waals surface area contributed by atoms with Gasteiger partial charge in [-0.1, -0.05) is 17.5 Å². The van der Waals surface area contributed by atoms with Crippen molar-refractivity contribution in [3.63, 3.8) is 0 Å². The van der Waals surface area contributed by atoms with Crippen molar-refractivity contribution in [2.75, 3.05) is 5.32 Å². The molecule has 0 aliphatic carbocycles. The summed E-state index contributed by atoms with van der Waals surface area (Å²) in [5, 5.41) is 2.56. The first kappa shape index (κ1) is 15.1. The Morgan fingerprint density at radius 1 is 1.52 bits per heavy atom. The van der Waals surface area contributed by atoms with Crippen LogP contribution in [0.25, 0.3) is 11.2 Å². The second kappa shape index (κ2) is 5.58.